The molecule has 38 heavy (non-hydrogen) atoms. The van der Waals surface area contributed by atoms with Crippen molar-refractivity contribution in [2.75, 3.05) is 17.1 Å². The van der Waals surface area contributed by atoms with E-state index in [2.05, 4.69) is 15.1 Å². The third-order valence-corrected chi connectivity index (χ3v) is 8.69. The van der Waals surface area contributed by atoms with E-state index in [1.54, 1.807) is 60.1 Å². The van der Waals surface area contributed by atoms with Gasteiger partial charge in [-0.3, -0.25) is 9.52 Å². The van der Waals surface area contributed by atoms with Gasteiger partial charge in [-0.1, -0.05) is 17.7 Å². The molecule has 11 heteroatoms. The first-order valence-electron chi connectivity index (χ1n) is 11.5. The van der Waals surface area contributed by atoms with Crippen LogP contribution in [0.2, 0.25) is 5.02 Å². The summed E-state index contributed by atoms with van der Waals surface area (Å²) in [7, 11) is -2.35. The van der Waals surface area contributed by atoms with Crippen molar-refractivity contribution < 1.29 is 17.9 Å². The van der Waals surface area contributed by atoms with E-state index >= 15 is 0 Å². The summed E-state index contributed by atoms with van der Waals surface area (Å²) in [4.78, 5) is 14.6. The SMILES string of the molecule is COc1ccc(NS(=O)(=O)c2ccc(C)c(NC(=O)c3cc4c(C)nn(-c5ccc(Cl)cc5)c4s3)c2)cc1. The Morgan fingerprint density at radius 1 is 1.00 bits per heavy atom. The lowest BCUT2D eigenvalue weighted by Crippen LogP contribution is -2.15. The van der Waals surface area contributed by atoms with E-state index in [9.17, 15) is 13.2 Å². The van der Waals surface area contributed by atoms with Crippen LogP contribution in [0.15, 0.2) is 77.7 Å². The van der Waals surface area contributed by atoms with Gasteiger partial charge in [-0.25, -0.2) is 13.1 Å². The molecule has 0 atom stereocenters. The van der Waals surface area contributed by atoms with Gasteiger partial charge in [0.25, 0.3) is 15.9 Å². The van der Waals surface area contributed by atoms with Crippen LogP contribution in [0.3, 0.4) is 0 Å². The standard InChI is InChI=1S/C27H23ClN4O4S2/c1-16-4-13-22(38(34,35)31-19-7-11-21(36-3)12-8-19)14-24(16)29-26(33)25-15-23-17(2)30-32(27(23)37-25)20-9-5-18(28)6-10-20/h4-15,31H,1-3H3,(H,29,33). The molecule has 0 aliphatic rings. The lowest BCUT2D eigenvalue weighted by atomic mass is 10.2. The third kappa shape index (κ3) is 5.10. The summed E-state index contributed by atoms with van der Waals surface area (Å²) < 4.78 is 35.5. The summed E-state index contributed by atoms with van der Waals surface area (Å²) >= 11 is 7.33. The minimum absolute atomic E-state index is 0.0276. The maximum absolute atomic E-state index is 13.2. The molecule has 5 aromatic rings. The predicted molar refractivity (Wildman–Crippen MR) is 152 cm³/mol. The highest BCUT2D eigenvalue weighted by Gasteiger charge is 2.20. The monoisotopic (exact) mass is 566 g/mol. The van der Waals surface area contributed by atoms with Crippen LogP contribution in [-0.4, -0.2) is 31.2 Å². The first-order chi connectivity index (χ1) is 18.1. The van der Waals surface area contributed by atoms with Crippen LogP contribution in [0.25, 0.3) is 15.9 Å². The summed E-state index contributed by atoms with van der Waals surface area (Å²) in [6.45, 7) is 3.69. The smallest absolute Gasteiger partial charge is 0.265 e. The van der Waals surface area contributed by atoms with Gasteiger partial charge >= 0.3 is 0 Å². The normalized spacial score (nSPS) is 11.5. The van der Waals surface area contributed by atoms with Gasteiger partial charge < -0.3 is 10.1 Å². The van der Waals surface area contributed by atoms with Gasteiger partial charge in [-0.05, 0) is 86.1 Å². The van der Waals surface area contributed by atoms with Gasteiger partial charge in [0.2, 0.25) is 0 Å². The molecule has 2 heterocycles. The molecule has 0 saturated heterocycles. The lowest BCUT2D eigenvalue weighted by molar-refractivity contribution is 0.103. The van der Waals surface area contributed by atoms with Crippen molar-refractivity contribution in [1.29, 1.82) is 0 Å². The number of carbonyl (C=O) groups excluding carboxylic acids is 1. The second kappa shape index (κ2) is 10.1. The number of rotatable bonds is 7. The van der Waals surface area contributed by atoms with E-state index in [1.165, 1.54) is 30.6 Å². The average Bonchev–Trinajstić information content (AvgIpc) is 3.47. The zero-order valence-electron chi connectivity index (χ0n) is 20.7. The zero-order valence-corrected chi connectivity index (χ0v) is 23.0. The van der Waals surface area contributed by atoms with Crippen LogP contribution in [0.1, 0.15) is 20.9 Å². The second-order valence-electron chi connectivity index (χ2n) is 8.57. The Balaban J connectivity index is 1.40. The van der Waals surface area contributed by atoms with Crippen LogP contribution in [0.4, 0.5) is 11.4 Å². The van der Waals surface area contributed by atoms with Crippen molar-refractivity contribution in [3.63, 3.8) is 0 Å². The molecule has 0 bridgehead atoms. The van der Waals surface area contributed by atoms with Crippen molar-refractivity contribution >= 4 is 60.5 Å². The molecule has 0 aliphatic carbocycles. The molecule has 0 fully saturated rings. The molecule has 194 valence electrons. The van der Waals surface area contributed by atoms with Crippen molar-refractivity contribution in [3.8, 4) is 11.4 Å². The quantitative estimate of drug-likeness (QED) is 0.237. The molecule has 2 aromatic heterocycles. The number of anilines is 2. The zero-order chi connectivity index (χ0) is 27.0. The number of nitrogens with zero attached hydrogens (tertiary/aromatic N) is 2. The van der Waals surface area contributed by atoms with E-state index in [4.69, 9.17) is 16.3 Å². The van der Waals surface area contributed by atoms with Gasteiger partial charge in [0.05, 0.1) is 28.3 Å². The van der Waals surface area contributed by atoms with E-state index < -0.39 is 10.0 Å². The number of aryl methyl sites for hydroxylation is 2. The fraction of sp³-hybridized carbons (Fsp3) is 0.111. The summed E-state index contributed by atoms with van der Waals surface area (Å²) in [5.41, 5.74) is 3.15. The van der Waals surface area contributed by atoms with Crippen molar-refractivity contribution in [2.45, 2.75) is 18.7 Å². The molecular weight excluding hydrogens is 544 g/mol. The largest absolute Gasteiger partial charge is 0.497 e. The Kier molecular flexibility index (Phi) is 6.87. The second-order valence-corrected chi connectivity index (χ2v) is 11.7. The summed E-state index contributed by atoms with van der Waals surface area (Å²) in [6, 6.07) is 20.3. The van der Waals surface area contributed by atoms with E-state index in [0.29, 0.717) is 27.0 Å². The van der Waals surface area contributed by atoms with Crippen molar-refractivity contribution in [1.82, 2.24) is 9.78 Å². The molecular formula is C27H23ClN4O4S2. The van der Waals surface area contributed by atoms with Crippen LogP contribution in [0.5, 0.6) is 5.75 Å². The summed E-state index contributed by atoms with van der Waals surface area (Å²) in [5, 5.41) is 8.96. The number of thiophene rings is 1. The van der Waals surface area contributed by atoms with E-state index in [0.717, 1.165) is 27.2 Å². The number of methoxy groups -OCH3 is 1. The number of fused-ring (bicyclic) bond motifs is 1. The maximum atomic E-state index is 13.2. The summed E-state index contributed by atoms with van der Waals surface area (Å²) in [5.74, 6) is 0.277. The number of amides is 1. The predicted octanol–water partition coefficient (Wildman–Crippen LogP) is 6.42. The number of hydrogen-bond acceptors (Lipinski definition) is 6. The van der Waals surface area contributed by atoms with Gasteiger partial charge in [-0.15, -0.1) is 11.3 Å². The molecule has 5 rings (SSSR count). The fourth-order valence-corrected chi connectivity index (χ4v) is 6.16. The number of ether oxygens (including phenoxy) is 1. The average molecular weight is 567 g/mol. The number of halogens is 1. The van der Waals surface area contributed by atoms with Crippen molar-refractivity contribution in [3.05, 3.63) is 94.0 Å². The Bertz CT molecular complexity index is 1760. The number of benzene rings is 3. The van der Waals surface area contributed by atoms with Gasteiger partial charge in [0.1, 0.15) is 10.6 Å². The Hall–Kier alpha value is -3.86. The maximum Gasteiger partial charge on any atom is 0.265 e. The van der Waals surface area contributed by atoms with Crippen molar-refractivity contribution in [2.24, 2.45) is 0 Å². The number of sulfonamides is 1. The molecule has 3 aromatic carbocycles. The minimum Gasteiger partial charge on any atom is -0.497 e. The molecule has 0 saturated carbocycles. The van der Waals surface area contributed by atoms with Crippen LogP contribution >= 0.6 is 22.9 Å². The Morgan fingerprint density at radius 2 is 1.71 bits per heavy atom. The summed E-state index contributed by atoms with van der Waals surface area (Å²) in [6.07, 6.45) is 0. The molecule has 8 nitrogen and oxygen atoms in total. The molecule has 1 amide bonds. The van der Waals surface area contributed by atoms with Gasteiger partial charge in [-0.2, -0.15) is 5.10 Å². The molecule has 0 aliphatic heterocycles. The highest BCUT2D eigenvalue weighted by atomic mass is 35.5. The topological polar surface area (TPSA) is 102 Å². The van der Waals surface area contributed by atoms with Crippen LogP contribution in [0, 0.1) is 13.8 Å². The highest BCUT2D eigenvalue weighted by molar-refractivity contribution is 7.92. The number of carbonyl (C=O) groups is 1. The molecule has 0 spiro atoms. The lowest BCUT2D eigenvalue weighted by Gasteiger charge is -2.12. The number of hydrogen-bond donors (Lipinski definition) is 2. The van der Waals surface area contributed by atoms with Gasteiger partial charge in [0.15, 0.2) is 0 Å². The number of aromatic nitrogens is 2. The minimum atomic E-state index is -3.89. The first kappa shape index (κ1) is 25.8. The molecule has 0 radical (unpaired) electrons. The van der Waals surface area contributed by atoms with Gasteiger partial charge in [0, 0.05) is 21.8 Å². The number of nitrogens with one attached hydrogen (secondary N) is 2. The highest BCUT2D eigenvalue weighted by Crippen LogP contribution is 2.32. The molecule has 2 N–H and O–H groups in total. The van der Waals surface area contributed by atoms with E-state index in [-0.39, 0.29) is 10.8 Å². The fourth-order valence-electron chi connectivity index (χ4n) is 3.88. The Labute approximate surface area is 228 Å². The third-order valence-electron chi connectivity index (χ3n) is 5.95. The Morgan fingerprint density at radius 3 is 2.39 bits per heavy atom. The molecule has 0 unspecified atom stereocenters. The first-order valence-corrected chi connectivity index (χ1v) is 14.2. The van der Waals surface area contributed by atoms with Crippen LogP contribution < -0.4 is 14.8 Å². The van der Waals surface area contributed by atoms with E-state index in [1.807, 2.05) is 19.1 Å². The van der Waals surface area contributed by atoms with Crippen LogP contribution in [-0.2, 0) is 10.0 Å².